The molecule has 0 aliphatic heterocycles. The van der Waals surface area contributed by atoms with Crippen molar-refractivity contribution in [2.24, 2.45) is 5.10 Å². The first kappa shape index (κ1) is 17.7. The molecule has 0 aliphatic carbocycles. The van der Waals surface area contributed by atoms with Crippen molar-refractivity contribution >= 4 is 28.7 Å². The first-order valence-electron chi connectivity index (χ1n) is 7.28. The van der Waals surface area contributed by atoms with E-state index in [-0.39, 0.29) is 12.4 Å². The van der Waals surface area contributed by atoms with Crippen molar-refractivity contribution in [3.63, 3.8) is 0 Å². The number of anilines is 1. The summed E-state index contributed by atoms with van der Waals surface area (Å²) in [5.41, 5.74) is 4.27. The van der Waals surface area contributed by atoms with Crippen molar-refractivity contribution in [2.45, 2.75) is 13.3 Å². The van der Waals surface area contributed by atoms with E-state index >= 15 is 0 Å². The fourth-order valence-electron chi connectivity index (χ4n) is 1.91. The van der Waals surface area contributed by atoms with Crippen LogP contribution in [0.3, 0.4) is 0 Å². The van der Waals surface area contributed by atoms with Gasteiger partial charge in [0.15, 0.2) is 11.5 Å². The molecule has 1 aromatic heterocycles. The Morgan fingerprint density at radius 3 is 2.96 bits per heavy atom. The van der Waals surface area contributed by atoms with Gasteiger partial charge in [-0.3, -0.25) is 10.2 Å². The van der Waals surface area contributed by atoms with Gasteiger partial charge in [0.1, 0.15) is 0 Å². The number of carbonyl (C=O) groups excluding carboxylic acids is 1. The second-order valence-electron chi connectivity index (χ2n) is 4.58. The van der Waals surface area contributed by atoms with Crippen LogP contribution in [0, 0.1) is 0 Å². The topological polar surface area (TPSA) is 82.0 Å². The highest BCUT2D eigenvalue weighted by atomic mass is 32.1. The zero-order valence-electron chi connectivity index (χ0n) is 13.7. The third-order valence-electron chi connectivity index (χ3n) is 2.99. The first-order valence-corrected chi connectivity index (χ1v) is 8.16. The van der Waals surface area contributed by atoms with E-state index < -0.39 is 0 Å². The summed E-state index contributed by atoms with van der Waals surface area (Å²) in [6.07, 6.45) is 1.78. The van der Waals surface area contributed by atoms with E-state index in [2.05, 4.69) is 20.2 Å². The minimum absolute atomic E-state index is 0.142. The van der Waals surface area contributed by atoms with Crippen molar-refractivity contribution in [1.82, 2.24) is 4.98 Å². The Labute approximate surface area is 144 Å². The molecular formula is C16H19N3O4S. The molecule has 0 aliphatic rings. The molecule has 0 radical (unpaired) electrons. The van der Waals surface area contributed by atoms with Gasteiger partial charge in [-0.2, -0.15) is 5.10 Å². The number of rotatable bonds is 8. The van der Waals surface area contributed by atoms with Crippen molar-refractivity contribution < 1.29 is 19.0 Å². The van der Waals surface area contributed by atoms with Crippen LogP contribution in [-0.2, 0) is 16.0 Å². The highest BCUT2D eigenvalue weighted by molar-refractivity contribution is 7.13. The number of methoxy groups -OCH3 is 2. The molecule has 24 heavy (non-hydrogen) atoms. The predicted octanol–water partition coefficient (Wildman–Crippen LogP) is 2.71. The number of benzene rings is 1. The summed E-state index contributed by atoms with van der Waals surface area (Å²) in [4.78, 5) is 15.5. The number of carbonyl (C=O) groups is 1. The van der Waals surface area contributed by atoms with Gasteiger partial charge in [0.25, 0.3) is 0 Å². The van der Waals surface area contributed by atoms with Crippen LogP contribution < -0.4 is 14.9 Å². The number of para-hydroxylation sites is 1. The second-order valence-corrected chi connectivity index (χ2v) is 5.44. The lowest BCUT2D eigenvalue weighted by atomic mass is 10.2. The smallest absolute Gasteiger partial charge is 0.311 e. The molecule has 7 nitrogen and oxygen atoms in total. The summed E-state index contributed by atoms with van der Waals surface area (Å²) in [6, 6.07) is 5.57. The van der Waals surface area contributed by atoms with Gasteiger partial charge in [-0.05, 0) is 19.1 Å². The Kier molecular flexibility index (Phi) is 6.56. The van der Waals surface area contributed by atoms with E-state index in [9.17, 15) is 4.79 Å². The van der Waals surface area contributed by atoms with E-state index in [0.29, 0.717) is 28.9 Å². The number of esters is 1. The molecule has 0 amide bonds. The third kappa shape index (κ3) is 4.69. The molecule has 0 atom stereocenters. The minimum atomic E-state index is -0.326. The van der Waals surface area contributed by atoms with Gasteiger partial charge in [0.2, 0.25) is 5.13 Å². The standard InChI is InChI=1S/C16H19N3O4S/c1-4-23-15-11(6-5-7-13(15)21-2)9-17-19-16-18-12(10-24-16)8-14(20)22-3/h5-7,9-10H,4,8H2,1-3H3,(H,18,19)/b17-9-. The SMILES string of the molecule is CCOc1c(/C=N\Nc2nc(CC(=O)OC)cs2)cccc1OC. The Balaban J connectivity index is 2.05. The average Bonchev–Trinajstić information content (AvgIpc) is 3.03. The molecular weight excluding hydrogens is 330 g/mol. The summed E-state index contributed by atoms with van der Waals surface area (Å²) in [7, 11) is 2.94. The normalized spacial score (nSPS) is 10.6. The van der Waals surface area contributed by atoms with E-state index in [1.54, 1.807) is 18.7 Å². The zero-order chi connectivity index (χ0) is 17.4. The van der Waals surface area contributed by atoms with Crippen LogP contribution >= 0.6 is 11.3 Å². The van der Waals surface area contributed by atoms with Crippen LogP contribution in [0.25, 0.3) is 0 Å². The number of hydrogen-bond donors (Lipinski definition) is 1. The molecule has 0 saturated heterocycles. The molecule has 2 rings (SSSR count). The lowest BCUT2D eigenvalue weighted by Crippen LogP contribution is -2.04. The molecule has 0 saturated carbocycles. The van der Waals surface area contributed by atoms with E-state index in [0.717, 1.165) is 5.56 Å². The zero-order valence-corrected chi connectivity index (χ0v) is 14.6. The van der Waals surface area contributed by atoms with Crippen LogP contribution in [0.1, 0.15) is 18.2 Å². The Morgan fingerprint density at radius 1 is 1.42 bits per heavy atom. The van der Waals surface area contributed by atoms with Crippen molar-refractivity contribution in [2.75, 3.05) is 26.3 Å². The van der Waals surface area contributed by atoms with Gasteiger partial charge in [-0.25, -0.2) is 4.98 Å². The van der Waals surface area contributed by atoms with Crippen LogP contribution in [0.4, 0.5) is 5.13 Å². The van der Waals surface area contributed by atoms with Crippen LogP contribution in [0.5, 0.6) is 11.5 Å². The van der Waals surface area contributed by atoms with Crippen LogP contribution in [0.2, 0.25) is 0 Å². The predicted molar refractivity (Wildman–Crippen MR) is 93.2 cm³/mol. The number of hydrogen-bond acceptors (Lipinski definition) is 8. The number of thiazole rings is 1. The van der Waals surface area contributed by atoms with Gasteiger partial charge in [-0.15, -0.1) is 11.3 Å². The molecule has 0 fully saturated rings. The van der Waals surface area contributed by atoms with Crippen LogP contribution in [0.15, 0.2) is 28.7 Å². The summed E-state index contributed by atoms with van der Waals surface area (Å²) in [5.74, 6) is 0.960. The van der Waals surface area contributed by atoms with Gasteiger partial charge in [0.05, 0.1) is 39.2 Å². The number of hydrazone groups is 1. The Hall–Kier alpha value is -2.61. The number of nitrogens with zero attached hydrogens (tertiary/aromatic N) is 2. The highest BCUT2D eigenvalue weighted by Crippen LogP contribution is 2.30. The maximum atomic E-state index is 11.2. The molecule has 1 N–H and O–H groups in total. The number of nitrogens with one attached hydrogen (secondary N) is 1. The van der Waals surface area contributed by atoms with Crippen molar-refractivity contribution in [3.8, 4) is 11.5 Å². The van der Waals surface area contributed by atoms with Crippen LogP contribution in [-0.4, -0.2) is 38.0 Å². The monoisotopic (exact) mass is 349 g/mol. The van der Waals surface area contributed by atoms with Gasteiger partial charge >= 0.3 is 5.97 Å². The molecule has 0 bridgehead atoms. The van der Waals surface area contributed by atoms with Gasteiger partial charge in [-0.1, -0.05) is 6.07 Å². The molecule has 0 spiro atoms. The largest absolute Gasteiger partial charge is 0.493 e. The first-order chi connectivity index (χ1) is 11.7. The lowest BCUT2D eigenvalue weighted by molar-refractivity contribution is -0.139. The average molecular weight is 349 g/mol. The third-order valence-corrected chi connectivity index (χ3v) is 3.78. The molecule has 8 heteroatoms. The summed E-state index contributed by atoms with van der Waals surface area (Å²) < 4.78 is 15.5. The second kappa shape index (κ2) is 8.88. The molecule has 2 aromatic rings. The summed E-state index contributed by atoms with van der Waals surface area (Å²) in [5, 5.41) is 6.54. The van der Waals surface area contributed by atoms with Gasteiger partial charge in [0, 0.05) is 10.9 Å². The van der Waals surface area contributed by atoms with E-state index in [1.165, 1.54) is 18.4 Å². The van der Waals surface area contributed by atoms with Crippen molar-refractivity contribution in [1.29, 1.82) is 0 Å². The molecule has 128 valence electrons. The number of aromatic nitrogens is 1. The molecule has 0 unspecified atom stereocenters. The van der Waals surface area contributed by atoms with E-state index in [4.69, 9.17) is 9.47 Å². The van der Waals surface area contributed by atoms with Gasteiger partial charge < -0.3 is 14.2 Å². The fraction of sp³-hybridized carbons (Fsp3) is 0.312. The molecule has 1 heterocycles. The summed E-state index contributed by atoms with van der Waals surface area (Å²) >= 11 is 1.36. The highest BCUT2D eigenvalue weighted by Gasteiger charge is 2.09. The molecule has 1 aromatic carbocycles. The summed E-state index contributed by atoms with van der Waals surface area (Å²) in [6.45, 7) is 2.43. The Morgan fingerprint density at radius 2 is 2.25 bits per heavy atom. The van der Waals surface area contributed by atoms with Crippen molar-refractivity contribution in [3.05, 3.63) is 34.8 Å². The lowest BCUT2D eigenvalue weighted by Gasteiger charge is -2.11. The maximum Gasteiger partial charge on any atom is 0.311 e. The fourth-order valence-corrected chi connectivity index (χ4v) is 2.57. The number of ether oxygens (including phenoxy) is 3. The minimum Gasteiger partial charge on any atom is -0.493 e. The quantitative estimate of drug-likeness (QED) is 0.448. The Bertz CT molecular complexity index is 715. The van der Waals surface area contributed by atoms with E-state index in [1.807, 2.05) is 25.1 Å². The maximum absolute atomic E-state index is 11.2.